The highest BCUT2D eigenvalue weighted by Crippen LogP contribution is 2.17. The summed E-state index contributed by atoms with van der Waals surface area (Å²) in [7, 11) is 0. The quantitative estimate of drug-likeness (QED) is 0.864. The van der Waals surface area contributed by atoms with Crippen LogP contribution in [0, 0.1) is 5.92 Å². The molecule has 1 aromatic carbocycles. The van der Waals surface area contributed by atoms with Gasteiger partial charge in [0.25, 0.3) is 0 Å². The lowest BCUT2D eigenvalue weighted by Gasteiger charge is -2.22. The van der Waals surface area contributed by atoms with E-state index in [0.717, 1.165) is 31.5 Å². The van der Waals surface area contributed by atoms with E-state index in [4.69, 9.17) is 5.11 Å². The molecule has 2 rings (SSSR count). The van der Waals surface area contributed by atoms with Crippen LogP contribution in [0.5, 0.6) is 0 Å². The molecule has 1 atom stereocenters. The Kier molecular flexibility index (Phi) is 4.45. The summed E-state index contributed by atoms with van der Waals surface area (Å²) in [6.45, 7) is 2.17. The summed E-state index contributed by atoms with van der Waals surface area (Å²) in [5, 5.41) is 12.5. The summed E-state index contributed by atoms with van der Waals surface area (Å²) in [6.07, 6.45) is 2.41. The van der Waals surface area contributed by atoms with Crippen LogP contribution in [0.2, 0.25) is 0 Å². The van der Waals surface area contributed by atoms with Crippen molar-refractivity contribution >= 4 is 11.8 Å². The monoisotopic (exact) mass is 248 g/mol. The molecule has 1 saturated heterocycles. The molecule has 1 aromatic rings. The van der Waals surface area contributed by atoms with Crippen molar-refractivity contribution in [2.75, 3.05) is 25.0 Å². The Morgan fingerprint density at radius 1 is 1.33 bits per heavy atom. The number of para-hydroxylation sites is 1. The van der Waals surface area contributed by atoms with Gasteiger partial charge in [-0.1, -0.05) is 24.6 Å². The zero-order chi connectivity index (χ0) is 12.8. The molecule has 1 fully saturated rings. The molecule has 1 aliphatic heterocycles. The number of carboxylic acid groups (broad SMARTS) is 1. The standard InChI is InChI=1S/C14H20N2O2/c17-14(18)16-9-5-4-6-12(11-16)10-15-13-7-2-1-3-8-13/h1-3,7-8,12,15H,4-6,9-11H2,(H,17,18). The molecule has 0 aliphatic carbocycles. The maximum atomic E-state index is 11.0. The van der Waals surface area contributed by atoms with Gasteiger partial charge in [0, 0.05) is 25.3 Å². The highest BCUT2D eigenvalue weighted by Gasteiger charge is 2.21. The molecule has 1 amide bonds. The van der Waals surface area contributed by atoms with Crippen LogP contribution in [0.25, 0.3) is 0 Å². The van der Waals surface area contributed by atoms with E-state index < -0.39 is 6.09 Å². The zero-order valence-electron chi connectivity index (χ0n) is 10.5. The second kappa shape index (κ2) is 6.28. The molecule has 98 valence electrons. The third-order valence-corrected chi connectivity index (χ3v) is 3.41. The number of hydrogen-bond donors (Lipinski definition) is 2. The molecular weight excluding hydrogens is 228 g/mol. The summed E-state index contributed by atoms with van der Waals surface area (Å²) >= 11 is 0. The number of carbonyl (C=O) groups is 1. The molecule has 0 spiro atoms. The number of nitrogens with one attached hydrogen (secondary N) is 1. The number of rotatable bonds is 3. The summed E-state index contributed by atoms with van der Waals surface area (Å²) in [5.41, 5.74) is 1.10. The van der Waals surface area contributed by atoms with Crippen LogP contribution in [0.3, 0.4) is 0 Å². The maximum absolute atomic E-state index is 11.0. The first kappa shape index (κ1) is 12.7. The van der Waals surface area contributed by atoms with Crippen LogP contribution in [-0.2, 0) is 0 Å². The van der Waals surface area contributed by atoms with E-state index >= 15 is 0 Å². The Balaban J connectivity index is 1.86. The Morgan fingerprint density at radius 2 is 2.11 bits per heavy atom. The third kappa shape index (κ3) is 3.65. The van der Waals surface area contributed by atoms with E-state index in [9.17, 15) is 4.79 Å². The second-order valence-electron chi connectivity index (χ2n) is 4.84. The van der Waals surface area contributed by atoms with Gasteiger partial charge in [0.05, 0.1) is 0 Å². The van der Waals surface area contributed by atoms with Gasteiger partial charge in [-0.15, -0.1) is 0 Å². The van der Waals surface area contributed by atoms with Gasteiger partial charge in [-0.2, -0.15) is 0 Å². The van der Waals surface area contributed by atoms with Crippen LogP contribution < -0.4 is 5.32 Å². The molecule has 1 heterocycles. The Morgan fingerprint density at radius 3 is 2.83 bits per heavy atom. The first-order valence-corrected chi connectivity index (χ1v) is 6.52. The van der Waals surface area contributed by atoms with Gasteiger partial charge in [0.15, 0.2) is 0 Å². The average Bonchev–Trinajstić information content (AvgIpc) is 2.63. The molecule has 0 radical (unpaired) electrons. The number of likely N-dealkylation sites (tertiary alicyclic amines) is 1. The first-order valence-electron chi connectivity index (χ1n) is 6.52. The molecule has 2 N–H and O–H groups in total. The van der Waals surface area contributed by atoms with Gasteiger partial charge in [-0.25, -0.2) is 4.79 Å². The minimum atomic E-state index is -0.790. The summed E-state index contributed by atoms with van der Waals surface area (Å²) < 4.78 is 0. The molecule has 4 heteroatoms. The van der Waals surface area contributed by atoms with Crippen molar-refractivity contribution in [3.05, 3.63) is 30.3 Å². The van der Waals surface area contributed by atoms with E-state index in [1.54, 1.807) is 4.90 Å². The van der Waals surface area contributed by atoms with E-state index in [2.05, 4.69) is 5.32 Å². The van der Waals surface area contributed by atoms with Gasteiger partial charge in [0.1, 0.15) is 0 Å². The van der Waals surface area contributed by atoms with Gasteiger partial charge >= 0.3 is 6.09 Å². The van der Waals surface area contributed by atoms with E-state index in [0.29, 0.717) is 19.0 Å². The van der Waals surface area contributed by atoms with E-state index in [1.807, 2.05) is 30.3 Å². The normalized spacial score (nSPS) is 20.2. The zero-order valence-corrected chi connectivity index (χ0v) is 10.5. The Hall–Kier alpha value is -1.71. The fraction of sp³-hybridized carbons (Fsp3) is 0.500. The lowest BCUT2D eigenvalue weighted by Crippen LogP contribution is -2.35. The SMILES string of the molecule is O=C(O)N1CCCCC(CNc2ccccc2)C1. The largest absolute Gasteiger partial charge is 0.465 e. The highest BCUT2D eigenvalue weighted by atomic mass is 16.4. The van der Waals surface area contributed by atoms with Crippen LogP contribution in [0.15, 0.2) is 30.3 Å². The molecule has 1 aliphatic rings. The minimum Gasteiger partial charge on any atom is -0.465 e. The van der Waals surface area contributed by atoms with E-state index in [1.165, 1.54) is 0 Å². The van der Waals surface area contributed by atoms with Crippen molar-refractivity contribution in [2.45, 2.75) is 19.3 Å². The van der Waals surface area contributed by atoms with Crippen molar-refractivity contribution in [2.24, 2.45) is 5.92 Å². The number of amides is 1. The van der Waals surface area contributed by atoms with Gasteiger partial charge in [0.2, 0.25) is 0 Å². The van der Waals surface area contributed by atoms with Crippen molar-refractivity contribution < 1.29 is 9.90 Å². The summed E-state index contributed by atoms with van der Waals surface area (Å²) in [4.78, 5) is 12.6. The lowest BCUT2D eigenvalue weighted by atomic mass is 10.0. The molecule has 1 unspecified atom stereocenters. The van der Waals surface area contributed by atoms with Gasteiger partial charge in [-0.3, -0.25) is 0 Å². The topological polar surface area (TPSA) is 52.6 Å². The predicted octanol–water partition coefficient (Wildman–Crippen LogP) is 2.88. The molecular formula is C14H20N2O2. The molecule has 0 aromatic heterocycles. The fourth-order valence-electron chi connectivity index (χ4n) is 2.39. The third-order valence-electron chi connectivity index (χ3n) is 3.41. The van der Waals surface area contributed by atoms with Crippen LogP contribution in [0.1, 0.15) is 19.3 Å². The van der Waals surface area contributed by atoms with Crippen LogP contribution in [-0.4, -0.2) is 35.7 Å². The summed E-state index contributed by atoms with van der Waals surface area (Å²) in [6, 6.07) is 10.1. The molecule has 0 bridgehead atoms. The smallest absolute Gasteiger partial charge is 0.407 e. The Bertz CT molecular complexity index is 381. The predicted molar refractivity (Wildman–Crippen MR) is 71.9 cm³/mol. The lowest BCUT2D eigenvalue weighted by molar-refractivity contribution is 0.141. The average molecular weight is 248 g/mol. The maximum Gasteiger partial charge on any atom is 0.407 e. The highest BCUT2D eigenvalue weighted by molar-refractivity contribution is 5.64. The first-order chi connectivity index (χ1) is 8.75. The second-order valence-corrected chi connectivity index (χ2v) is 4.84. The number of benzene rings is 1. The van der Waals surface area contributed by atoms with Crippen LogP contribution in [0.4, 0.5) is 10.5 Å². The number of hydrogen-bond acceptors (Lipinski definition) is 2. The van der Waals surface area contributed by atoms with Crippen molar-refractivity contribution in [3.8, 4) is 0 Å². The fourth-order valence-corrected chi connectivity index (χ4v) is 2.39. The molecule has 4 nitrogen and oxygen atoms in total. The molecule has 0 saturated carbocycles. The van der Waals surface area contributed by atoms with Crippen molar-refractivity contribution in [3.63, 3.8) is 0 Å². The summed E-state index contributed by atoms with van der Waals surface area (Å²) in [5.74, 6) is 0.406. The number of anilines is 1. The van der Waals surface area contributed by atoms with Gasteiger partial charge in [-0.05, 0) is 30.9 Å². The number of nitrogens with zero attached hydrogens (tertiary/aromatic N) is 1. The van der Waals surface area contributed by atoms with Gasteiger partial charge < -0.3 is 15.3 Å². The van der Waals surface area contributed by atoms with Crippen molar-refractivity contribution in [1.82, 2.24) is 4.90 Å². The molecule has 18 heavy (non-hydrogen) atoms. The Labute approximate surface area is 108 Å². The van der Waals surface area contributed by atoms with E-state index in [-0.39, 0.29) is 0 Å². The minimum absolute atomic E-state index is 0.406. The van der Waals surface area contributed by atoms with Crippen LogP contribution >= 0.6 is 0 Å². The van der Waals surface area contributed by atoms with Crippen molar-refractivity contribution in [1.29, 1.82) is 0 Å².